The summed E-state index contributed by atoms with van der Waals surface area (Å²) in [5.74, 6) is -0.834. The van der Waals surface area contributed by atoms with E-state index >= 15 is 0 Å². The van der Waals surface area contributed by atoms with E-state index < -0.39 is 11.9 Å². The van der Waals surface area contributed by atoms with Crippen molar-refractivity contribution in [1.29, 1.82) is 0 Å². The molecule has 0 aliphatic carbocycles. The summed E-state index contributed by atoms with van der Waals surface area (Å²) in [5.41, 5.74) is 0.804. The average molecular weight is 280 g/mol. The number of furan rings is 1. The summed E-state index contributed by atoms with van der Waals surface area (Å²) >= 11 is 5.59. The molecule has 0 unspecified atom stereocenters. The van der Waals surface area contributed by atoms with Crippen LogP contribution in [0.15, 0.2) is 40.8 Å². The number of carbonyl (C=O) groups is 2. The zero-order valence-corrected chi connectivity index (χ0v) is 10.7. The van der Waals surface area contributed by atoms with E-state index in [-0.39, 0.29) is 11.0 Å². The first-order valence-electron chi connectivity index (χ1n) is 5.35. The number of amides is 1. The van der Waals surface area contributed by atoms with E-state index in [0.717, 1.165) is 0 Å². The first kappa shape index (κ1) is 13.2. The Morgan fingerprint density at radius 2 is 2.05 bits per heavy atom. The topological polar surface area (TPSA) is 68.5 Å². The van der Waals surface area contributed by atoms with Gasteiger partial charge in [0.05, 0.1) is 12.7 Å². The highest BCUT2D eigenvalue weighted by Crippen LogP contribution is 2.16. The molecule has 19 heavy (non-hydrogen) atoms. The van der Waals surface area contributed by atoms with Crippen molar-refractivity contribution in [1.82, 2.24) is 0 Å². The predicted octanol–water partition coefficient (Wildman–Crippen LogP) is 2.97. The maximum absolute atomic E-state index is 11.8. The molecule has 0 bridgehead atoms. The fourth-order valence-corrected chi connectivity index (χ4v) is 1.62. The Balaban J connectivity index is 2.15. The summed E-state index contributed by atoms with van der Waals surface area (Å²) in [7, 11) is 1.29. The summed E-state index contributed by atoms with van der Waals surface area (Å²) in [6.45, 7) is 0. The van der Waals surface area contributed by atoms with Gasteiger partial charge in [0.2, 0.25) is 0 Å². The quantitative estimate of drug-likeness (QED) is 0.877. The van der Waals surface area contributed by atoms with Crippen molar-refractivity contribution in [2.24, 2.45) is 0 Å². The van der Waals surface area contributed by atoms with Gasteiger partial charge in [-0.1, -0.05) is 6.07 Å². The van der Waals surface area contributed by atoms with E-state index in [1.54, 1.807) is 18.2 Å². The molecule has 1 aromatic heterocycles. The van der Waals surface area contributed by atoms with Crippen LogP contribution in [0, 0.1) is 0 Å². The molecule has 0 atom stereocenters. The minimum atomic E-state index is -0.475. The molecule has 1 N–H and O–H groups in total. The third-order valence-electron chi connectivity index (χ3n) is 2.34. The van der Waals surface area contributed by atoms with Gasteiger partial charge in [0.25, 0.3) is 5.91 Å². The summed E-state index contributed by atoms with van der Waals surface area (Å²) < 4.78 is 9.57. The van der Waals surface area contributed by atoms with E-state index in [9.17, 15) is 9.59 Å². The van der Waals surface area contributed by atoms with Crippen LogP contribution >= 0.6 is 11.6 Å². The van der Waals surface area contributed by atoms with Crippen molar-refractivity contribution < 1.29 is 18.7 Å². The van der Waals surface area contributed by atoms with Crippen molar-refractivity contribution in [3.05, 3.63) is 52.9 Å². The molecule has 1 aromatic carbocycles. The second-order valence-corrected chi connectivity index (χ2v) is 4.00. The molecule has 5 nitrogen and oxygen atoms in total. The molecule has 0 fully saturated rings. The maximum atomic E-state index is 11.8. The van der Waals surface area contributed by atoms with Crippen LogP contribution in [-0.2, 0) is 4.74 Å². The predicted molar refractivity (Wildman–Crippen MR) is 69.5 cm³/mol. The SMILES string of the molecule is COC(=O)c1cccc(NC(=O)c2ccc(Cl)o2)c1. The number of anilines is 1. The highest BCUT2D eigenvalue weighted by molar-refractivity contribution is 6.29. The summed E-state index contributed by atoms with van der Waals surface area (Å²) in [6.07, 6.45) is 0. The Morgan fingerprint density at radius 3 is 2.68 bits per heavy atom. The number of carbonyl (C=O) groups excluding carboxylic acids is 2. The number of ether oxygens (including phenoxy) is 1. The number of benzene rings is 1. The van der Waals surface area contributed by atoms with E-state index in [1.807, 2.05) is 0 Å². The molecule has 0 saturated heterocycles. The molecule has 1 amide bonds. The lowest BCUT2D eigenvalue weighted by Gasteiger charge is -2.05. The third-order valence-corrected chi connectivity index (χ3v) is 2.54. The third kappa shape index (κ3) is 3.14. The minimum Gasteiger partial charge on any atom is -0.465 e. The molecule has 6 heteroatoms. The number of hydrogen-bond acceptors (Lipinski definition) is 4. The minimum absolute atomic E-state index is 0.0912. The van der Waals surface area contributed by atoms with Crippen LogP contribution in [0.2, 0.25) is 5.22 Å². The molecule has 1 heterocycles. The smallest absolute Gasteiger partial charge is 0.337 e. The van der Waals surface area contributed by atoms with Crippen molar-refractivity contribution in [3.63, 3.8) is 0 Å². The first-order chi connectivity index (χ1) is 9.10. The zero-order valence-electron chi connectivity index (χ0n) is 9.98. The van der Waals surface area contributed by atoms with Crippen LogP contribution in [0.5, 0.6) is 0 Å². The van der Waals surface area contributed by atoms with Gasteiger partial charge in [-0.3, -0.25) is 4.79 Å². The van der Waals surface area contributed by atoms with Crippen LogP contribution < -0.4 is 5.32 Å². The van der Waals surface area contributed by atoms with Gasteiger partial charge < -0.3 is 14.5 Å². The standard InChI is InChI=1S/C13H10ClNO4/c1-18-13(17)8-3-2-4-9(7-8)15-12(16)10-5-6-11(14)19-10/h2-7H,1H3,(H,15,16). The molecule has 2 aromatic rings. The van der Waals surface area contributed by atoms with Crippen LogP contribution in [0.4, 0.5) is 5.69 Å². The molecule has 2 rings (SSSR count). The van der Waals surface area contributed by atoms with Gasteiger partial charge in [0.15, 0.2) is 11.0 Å². The van der Waals surface area contributed by atoms with Crippen LogP contribution in [-0.4, -0.2) is 19.0 Å². The van der Waals surface area contributed by atoms with Gasteiger partial charge in [-0.05, 0) is 41.9 Å². The highest BCUT2D eigenvalue weighted by atomic mass is 35.5. The number of methoxy groups -OCH3 is 1. The molecule has 0 saturated carbocycles. The molecule has 0 radical (unpaired) electrons. The lowest BCUT2D eigenvalue weighted by Crippen LogP contribution is -2.11. The maximum Gasteiger partial charge on any atom is 0.337 e. The molecular formula is C13H10ClNO4. The monoisotopic (exact) mass is 279 g/mol. The van der Waals surface area contributed by atoms with Gasteiger partial charge in [0.1, 0.15) is 0 Å². The second-order valence-electron chi connectivity index (χ2n) is 3.63. The summed E-state index contributed by atoms with van der Waals surface area (Å²) in [4.78, 5) is 23.2. The molecular weight excluding hydrogens is 270 g/mol. The van der Waals surface area contributed by atoms with Crippen LogP contribution in [0.1, 0.15) is 20.9 Å². The number of esters is 1. The molecule has 0 aliphatic heterocycles. The van der Waals surface area contributed by atoms with Gasteiger partial charge in [-0.25, -0.2) is 4.79 Å². The molecule has 98 valence electrons. The normalized spacial score (nSPS) is 10.0. The number of hydrogen-bond donors (Lipinski definition) is 1. The van der Waals surface area contributed by atoms with Crippen molar-refractivity contribution in [2.45, 2.75) is 0 Å². The summed E-state index contributed by atoms with van der Waals surface area (Å²) in [6, 6.07) is 9.31. The van der Waals surface area contributed by atoms with E-state index in [4.69, 9.17) is 16.0 Å². The number of nitrogens with one attached hydrogen (secondary N) is 1. The molecule has 0 spiro atoms. The number of halogens is 1. The Morgan fingerprint density at radius 1 is 1.26 bits per heavy atom. The zero-order chi connectivity index (χ0) is 13.8. The van der Waals surface area contributed by atoms with E-state index in [0.29, 0.717) is 11.3 Å². The van der Waals surface area contributed by atoms with Crippen molar-refractivity contribution in [3.8, 4) is 0 Å². The average Bonchev–Trinajstić information content (AvgIpc) is 2.85. The first-order valence-corrected chi connectivity index (χ1v) is 5.73. The fraction of sp³-hybridized carbons (Fsp3) is 0.0769. The fourth-order valence-electron chi connectivity index (χ4n) is 1.47. The van der Waals surface area contributed by atoms with Crippen LogP contribution in [0.3, 0.4) is 0 Å². The Bertz CT molecular complexity index is 621. The van der Waals surface area contributed by atoms with Gasteiger partial charge in [0, 0.05) is 5.69 Å². The van der Waals surface area contributed by atoms with Gasteiger partial charge in [-0.15, -0.1) is 0 Å². The van der Waals surface area contributed by atoms with Crippen molar-refractivity contribution in [2.75, 3.05) is 12.4 Å². The van der Waals surface area contributed by atoms with Crippen molar-refractivity contribution >= 4 is 29.2 Å². The molecule has 0 aliphatic rings. The summed E-state index contributed by atoms with van der Waals surface area (Å²) in [5, 5.41) is 2.72. The Hall–Kier alpha value is -2.27. The van der Waals surface area contributed by atoms with E-state index in [2.05, 4.69) is 10.1 Å². The number of rotatable bonds is 3. The van der Waals surface area contributed by atoms with E-state index in [1.165, 1.54) is 25.3 Å². The second kappa shape index (κ2) is 5.58. The Kier molecular flexibility index (Phi) is 3.87. The lowest BCUT2D eigenvalue weighted by molar-refractivity contribution is 0.0600. The van der Waals surface area contributed by atoms with Gasteiger partial charge >= 0.3 is 5.97 Å². The highest BCUT2D eigenvalue weighted by Gasteiger charge is 2.12. The largest absolute Gasteiger partial charge is 0.465 e. The Labute approximate surface area is 114 Å². The van der Waals surface area contributed by atoms with Gasteiger partial charge in [-0.2, -0.15) is 0 Å². The van der Waals surface area contributed by atoms with Crippen LogP contribution in [0.25, 0.3) is 0 Å². The lowest BCUT2D eigenvalue weighted by atomic mass is 10.2.